The molecular formula is C54H56F6N6O11. The number of phenols is 1. The summed E-state index contributed by atoms with van der Waals surface area (Å²) in [6.45, 7) is 4.60. The molecule has 1 fully saturated rings. The number of ether oxygens (including phenoxy) is 1. The molecule has 1 aliphatic heterocycles. The van der Waals surface area contributed by atoms with Crippen LogP contribution in [-0.2, 0) is 32.1 Å². The summed E-state index contributed by atoms with van der Waals surface area (Å²) < 4.78 is 69.3. The Bertz CT molecular complexity index is 3020. The highest BCUT2D eigenvalue weighted by atomic mass is 19.4. The van der Waals surface area contributed by atoms with Crippen molar-refractivity contribution in [3.05, 3.63) is 160 Å². The molecule has 0 saturated carbocycles. The number of aromatic nitrogens is 1. The first-order valence-corrected chi connectivity index (χ1v) is 23.8. The molecule has 23 heteroatoms. The number of amides is 3. The molecule has 8 N–H and O–H groups in total. The minimum absolute atomic E-state index is 0.0111. The number of nitrogens with one attached hydrogen (secondary N) is 4. The number of piperidine rings is 1. The van der Waals surface area contributed by atoms with Crippen LogP contribution in [-0.4, -0.2) is 118 Å². The van der Waals surface area contributed by atoms with Gasteiger partial charge in [-0.15, -0.1) is 0 Å². The fourth-order valence-corrected chi connectivity index (χ4v) is 7.97. The van der Waals surface area contributed by atoms with E-state index in [-0.39, 0.29) is 41.8 Å². The van der Waals surface area contributed by atoms with Gasteiger partial charge in [0.25, 0.3) is 5.91 Å². The zero-order valence-corrected chi connectivity index (χ0v) is 41.5. The predicted molar refractivity (Wildman–Crippen MR) is 273 cm³/mol. The molecule has 7 rings (SSSR count). The molecule has 2 atom stereocenters. The number of carboxylic acids is 2. The molecule has 77 heavy (non-hydrogen) atoms. The number of hydrogen-bond donors (Lipinski definition) is 8. The van der Waals surface area contributed by atoms with E-state index in [0.717, 1.165) is 22.3 Å². The maximum atomic E-state index is 13.3. The van der Waals surface area contributed by atoms with Gasteiger partial charge in [-0.3, -0.25) is 19.7 Å². The first-order valence-electron chi connectivity index (χ1n) is 23.8. The molecule has 1 aromatic heterocycles. The number of carbonyl (C=O) groups is 5. The van der Waals surface area contributed by atoms with Crippen LogP contribution in [0.5, 0.6) is 5.75 Å². The molecule has 5 aromatic carbocycles. The fourth-order valence-electron chi connectivity index (χ4n) is 7.97. The van der Waals surface area contributed by atoms with E-state index in [4.69, 9.17) is 24.5 Å². The number of aromatic hydroxyl groups is 1. The molecule has 2 heterocycles. The van der Waals surface area contributed by atoms with Gasteiger partial charge in [0.15, 0.2) is 0 Å². The van der Waals surface area contributed by atoms with Crippen LogP contribution in [0, 0.1) is 0 Å². The van der Waals surface area contributed by atoms with Gasteiger partial charge in [-0.1, -0.05) is 84.9 Å². The molecule has 6 aromatic rings. The number of H-pyrrole nitrogens is 1. The van der Waals surface area contributed by atoms with Crippen LogP contribution in [0.4, 0.5) is 42.5 Å². The van der Waals surface area contributed by atoms with Crippen LogP contribution in [0.3, 0.4) is 0 Å². The number of rotatable bonds is 16. The smallest absolute Gasteiger partial charge is 0.490 e. The number of aliphatic carboxylic acids is 2. The Morgan fingerprint density at radius 2 is 1.42 bits per heavy atom. The average Bonchev–Trinajstić information content (AvgIpc) is 3.40. The van der Waals surface area contributed by atoms with E-state index in [9.17, 15) is 55.7 Å². The predicted octanol–water partition coefficient (Wildman–Crippen LogP) is 8.42. The standard InChI is InChI=1S/C50H54N6O7.2C2HF3O2/c1-33(51-32-45(58)41-18-20-44(57)48-42(41)19-21-46(59)54-48)28-34-10-8-11-35(29-34)31-52-49(61)37-14-9-15-38(30-37)55(2)47(60)24-27-56-25-22-39(23-26-56)63-50(62)53-43-17-7-6-16-40(43)36-12-4-3-5-13-36;2*3-2(4,5)1(6)7/h3-21,29-30,33,39,45,51,57-58H,22-28,31-32H2,1-2H3,(H,52,61)(H,53,62)(H,54,59);2*(H,6,7)/t33?,45-;;/m0../s1. The number of aliphatic hydroxyl groups excluding tert-OH is 1. The lowest BCUT2D eigenvalue weighted by atomic mass is 10.0. The Labute approximate surface area is 437 Å². The number of hydrogen-bond acceptors (Lipinski definition) is 11. The largest absolute Gasteiger partial charge is 0.506 e. The number of anilines is 2. The second kappa shape index (κ2) is 27.5. The van der Waals surface area contributed by atoms with Crippen LogP contribution in [0.1, 0.15) is 59.3 Å². The van der Waals surface area contributed by atoms with Gasteiger partial charge in [0.05, 0.1) is 17.3 Å². The number of likely N-dealkylation sites (tertiary alicyclic amines) is 1. The number of fused-ring (bicyclic) bond motifs is 1. The lowest BCUT2D eigenvalue weighted by molar-refractivity contribution is -0.193. The molecule has 0 bridgehead atoms. The number of carbonyl (C=O) groups excluding carboxylic acids is 3. The number of phenolic OH excluding ortho intramolecular Hbond substituents is 1. The van der Waals surface area contributed by atoms with Gasteiger partial charge in [0.1, 0.15) is 11.9 Å². The second-order valence-corrected chi connectivity index (χ2v) is 17.7. The van der Waals surface area contributed by atoms with Crippen molar-refractivity contribution < 1.29 is 75.5 Å². The molecule has 0 spiro atoms. The van der Waals surface area contributed by atoms with Crippen molar-refractivity contribution in [1.82, 2.24) is 20.5 Å². The van der Waals surface area contributed by atoms with E-state index >= 15 is 0 Å². The maximum absolute atomic E-state index is 13.3. The number of para-hydroxylation sites is 1. The second-order valence-electron chi connectivity index (χ2n) is 17.7. The van der Waals surface area contributed by atoms with Crippen LogP contribution in [0.25, 0.3) is 22.0 Å². The highest BCUT2D eigenvalue weighted by molar-refractivity contribution is 5.98. The van der Waals surface area contributed by atoms with Crippen molar-refractivity contribution in [2.75, 3.05) is 43.4 Å². The monoisotopic (exact) mass is 1080 g/mol. The summed E-state index contributed by atoms with van der Waals surface area (Å²) >= 11 is 0. The van der Waals surface area contributed by atoms with Gasteiger partial charge < -0.3 is 50.6 Å². The lowest BCUT2D eigenvalue weighted by Crippen LogP contribution is -2.40. The molecule has 0 aliphatic carbocycles. The summed E-state index contributed by atoms with van der Waals surface area (Å²) in [6.07, 6.45) is -9.39. The number of alkyl halides is 6. The Kier molecular flexibility index (Phi) is 21.3. The van der Waals surface area contributed by atoms with Crippen LogP contribution < -0.4 is 26.4 Å². The zero-order valence-electron chi connectivity index (χ0n) is 41.5. The van der Waals surface area contributed by atoms with Gasteiger partial charge in [0.2, 0.25) is 11.5 Å². The topological polar surface area (TPSA) is 251 Å². The van der Waals surface area contributed by atoms with Crippen molar-refractivity contribution in [1.29, 1.82) is 0 Å². The number of nitrogens with zero attached hydrogens (tertiary/aromatic N) is 2. The molecule has 0 radical (unpaired) electrons. The van der Waals surface area contributed by atoms with Gasteiger partial charge in [0, 0.05) is 80.5 Å². The van der Waals surface area contributed by atoms with Crippen LogP contribution in [0.15, 0.2) is 132 Å². The summed E-state index contributed by atoms with van der Waals surface area (Å²) in [4.78, 5) is 75.4. The Morgan fingerprint density at radius 3 is 2.08 bits per heavy atom. The van der Waals surface area contributed by atoms with Gasteiger partial charge in [-0.05, 0) is 84.8 Å². The minimum atomic E-state index is -5.08. The molecule has 17 nitrogen and oxygen atoms in total. The number of aliphatic hydroxyl groups is 1. The van der Waals surface area contributed by atoms with E-state index < -0.39 is 36.5 Å². The first kappa shape index (κ1) is 59.6. The number of aromatic amines is 1. The van der Waals surface area contributed by atoms with Crippen molar-refractivity contribution in [3.63, 3.8) is 0 Å². The third-order valence-corrected chi connectivity index (χ3v) is 12.0. The third-order valence-electron chi connectivity index (χ3n) is 12.0. The lowest BCUT2D eigenvalue weighted by Gasteiger charge is -2.31. The molecular weight excluding hydrogens is 1020 g/mol. The molecule has 1 aliphatic rings. The Hall–Kier alpha value is -8.28. The summed E-state index contributed by atoms with van der Waals surface area (Å²) in [5.41, 5.74) is 6.25. The van der Waals surface area contributed by atoms with Crippen LogP contribution in [0.2, 0.25) is 0 Å². The van der Waals surface area contributed by atoms with Crippen LogP contribution >= 0.6 is 0 Å². The van der Waals surface area contributed by atoms with E-state index in [0.29, 0.717) is 85.3 Å². The maximum Gasteiger partial charge on any atom is 0.490 e. The SMILES string of the molecule is CC(Cc1cccc(CNC(=O)c2cccc(N(C)C(=O)CCN3CCC(OC(=O)Nc4ccccc4-c4ccccc4)CC3)c2)c1)NC[C@H](O)c1ccc(O)c2[nH]c(=O)ccc12.O=C(O)C(F)(F)F.O=C(O)C(F)(F)F. The van der Waals surface area contributed by atoms with Crippen molar-refractivity contribution >= 4 is 52.1 Å². The highest BCUT2D eigenvalue weighted by Gasteiger charge is 2.39. The molecule has 1 unspecified atom stereocenters. The van der Waals surface area contributed by atoms with E-state index in [1.165, 1.54) is 12.1 Å². The Balaban J connectivity index is 0.000000688. The molecule has 410 valence electrons. The number of benzene rings is 5. The average molecular weight is 1080 g/mol. The van der Waals surface area contributed by atoms with Gasteiger partial charge >= 0.3 is 30.4 Å². The van der Waals surface area contributed by atoms with E-state index in [1.54, 1.807) is 42.3 Å². The number of carboxylic acid groups (broad SMARTS) is 2. The van der Waals surface area contributed by atoms with Crippen molar-refractivity contribution in [2.24, 2.45) is 0 Å². The molecule has 1 saturated heterocycles. The zero-order chi connectivity index (χ0) is 56.5. The summed E-state index contributed by atoms with van der Waals surface area (Å²) in [6, 6.07) is 38.6. The Morgan fingerprint density at radius 1 is 0.792 bits per heavy atom. The van der Waals surface area contributed by atoms with Crippen molar-refractivity contribution in [3.8, 4) is 16.9 Å². The quantitative estimate of drug-likeness (QED) is 0.0425. The number of pyridine rings is 1. The normalized spacial score (nSPS) is 13.6. The summed E-state index contributed by atoms with van der Waals surface area (Å²) in [5.74, 6) is -5.89. The summed E-state index contributed by atoms with van der Waals surface area (Å²) in [7, 11) is 1.72. The fraction of sp³-hybridized carbons (Fsp3) is 0.296. The number of halogens is 6. The first-order chi connectivity index (χ1) is 36.4. The van der Waals surface area contributed by atoms with Gasteiger partial charge in [-0.25, -0.2) is 14.4 Å². The van der Waals surface area contributed by atoms with Crippen molar-refractivity contribution in [2.45, 2.75) is 69.8 Å². The van der Waals surface area contributed by atoms with E-state index in [2.05, 4.69) is 25.8 Å². The highest BCUT2D eigenvalue weighted by Crippen LogP contribution is 2.30. The third kappa shape index (κ3) is 18.5. The van der Waals surface area contributed by atoms with E-state index in [1.807, 2.05) is 91.9 Å². The minimum Gasteiger partial charge on any atom is -0.506 e. The summed E-state index contributed by atoms with van der Waals surface area (Å²) in [5, 5.41) is 45.3. The van der Waals surface area contributed by atoms with Gasteiger partial charge in [-0.2, -0.15) is 26.3 Å². The molecule has 3 amide bonds.